The van der Waals surface area contributed by atoms with Crippen LogP contribution in [0, 0.1) is 13.8 Å². The lowest BCUT2D eigenvalue weighted by Crippen LogP contribution is -2.26. The van der Waals surface area contributed by atoms with Crippen molar-refractivity contribution in [2.45, 2.75) is 58.0 Å². The summed E-state index contributed by atoms with van der Waals surface area (Å²) in [7, 11) is 0. The van der Waals surface area contributed by atoms with Crippen LogP contribution in [0.15, 0.2) is 24.4 Å². The number of hydrogen-bond acceptors (Lipinski definition) is 3. The highest BCUT2D eigenvalue weighted by molar-refractivity contribution is 5.30. The molecule has 1 aliphatic rings. The Morgan fingerprint density at radius 3 is 2.90 bits per heavy atom. The summed E-state index contributed by atoms with van der Waals surface area (Å²) in [6.07, 6.45) is 6.68. The summed E-state index contributed by atoms with van der Waals surface area (Å²) >= 11 is 0. The number of benzene rings is 1. The third kappa shape index (κ3) is 3.32. The number of aromatic nitrogens is 3. The number of nitrogens with two attached hydrogens (primary N) is 1. The molecule has 4 heteroatoms. The average molecular weight is 284 g/mol. The largest absolute Gasteiger partial charge is 0.328 e. The van der Waals surface area contributed by atoms with Crippen molar-refractivity contribution in [1.82, 2.24) is 15.0 Å². The molecule has 0 unspecified atom stereocenters. The Hall–Kier alpha value is -1.68. The molecule has 0 bridgehead atoms. The molecule has 2 atom stereocenters. The van der Waals surface area contributed by atoms with Crippen LogP contribution in [-0.2, 0) is 6.54 Å². The van der Waals surface area contributed by atoms with Gasteiger partial charge in [0.15, 0.2) is 0 Å². The lowest BCUT2D eigenvalue weighted by molar-refractivity contribution is 0.388. The van der Waals surface area contributed by atoms with E-state index >= 15 is 0 Å². The van der Waals surface area contributed by atoms with E-state index in [4.69, 9.17) is 5.73 Å². The third-order valence-electron chi connectivity index (χ3n) is 4.52. The fraction of sp³-hybridized carbons (Fsp3) is 0.529. The van der Waals surface area contributed by atoms with Gasteiger partial charge in [-0.25, -0.2) is 4.68 Å². The first-order valence-corrected chi connectivity index (χ1v) is 7.83. The average Bonchev–Trinajstić information content (AvgIpc) is 2.91. The Morgan fingerprint density at radius 1 is 1.29 bits per heavy atom. The van der Waals surface area contributed by atoms with Crippen molar-refractivity contribution in [3.63, 3.8) is 0 Å². The van der Waals surface area contributed by atoms with Crippen molar-refractivity contribution in [3.8, 4) is 0 Å². The molecule has 112 valence electrons. The third-order valence-corrected chi connectivity index (χ3v) is 4.52. The lowest BCUT2D eigenvalue weighted by Gasteiger charge is -2.24. The highest BCUT2D eigenvalue weighted by Gasteiger charge is 2.23. The first-order chi connectivity index (χ1) is 10.1. The minimum atomic E-state index is 0.327. The lowest BCUT2D eigenvalue weighted by atomic mass is 9.84. The van der Waals surface area contributed by atoms with Crippen LogP contribution in [-0.4, -0.2) is 21.0 Å². The molecule has 1 saturated carbocycles. The molecule has 21 heavy (non-hydrogen) atoms. The zero-order chi connectivity index (χ0) is 14.8. The Morgan fingerprint density at radius 2 is 2.14 bits per heavy atom. The van der Waals surface area contributed by atoms with E-state index in [2.05, 4.69) is 48.6 Å². The Kier molecular flexibility index (Phi) is 4.06. The standard InChI is InChI=1S/C17H24N4/c1-12-6-7-15(13(2)8-12)10-21-11-17(19-20-21)14-4-3-5-16(18)9-14/h6-8,11,14,16H,3-5,9-10,18H2,1-2H3/t14-,16+/m1/s1. The second-order valence-corrected chi connectivity index (χ2v) is 6.39. The summed E-state index contributed by atoms with van der Waals surface area (Å²) in [5.41, 5.74) is 11.1. The van der Waals surface area contributed by atoms with Crippen molar-refractivity contribution >= 4 is 0 Å². The first-order valence-electron chi connectivity index (χ1n) is 7.83. The van der Waals surface area contributed by atoms with Crippen molar-refractivity contribution in [1.29, 1.82) is 0 Å². The quantitative estimate of drug-likeness (QED) is 0.942. The predicted molar refractivity (Wildman–Crippen MR) is 84.2 cm³/mol. The van der Waals surface area contributed by atoms with Gasteiger partial charge in [-0.15, -0.1) is 5.10 Å². The van der Waals surface area contributed by atoms with Crippen LogP contribution in [0.25, 0.3) is 0 Å². The molecule has 1 heterocycles. The van der Waals surface area contributed by atoms with Crippen LogP contribution in [0.4, 0.5) is 0 Å². The van der Waals surface area contributed by atoms with Crippen molar-refractivity contribution in [2.24, 2.45) is 5.73 Å². The summed E-state index contributed by atoms with van der Waals surface area (Å²) < 4.78 is 1.95. The van der Waals surface area contributed by atoms with Gasteiger partial charge >= 0.3 is 0 Å². The summed E-state index contributed by atoms with van der Waals surface area (Å²) in [6.45, 7) is 5.06. The first kappa shape index (κ1) is 14.3. The second-order valence-electron chi connectivity index (χ2n) is 6.39. The summed E-state index contributed by atoms with van der Waals surface area (Å²) in [5, 5.41) is 8.68. The maximum absolute atomic E-state index is 6.07. The monoisotopic (exact) mass is 284 g/mol. The van der Waals surface area contributed by atoms with Crippen LogP contribution in [0.1, 0.15) is 54.0 Å². The summed E-state index contributed by atoms with van der Waals surface area (Å²) in [5.74, 6) is 0.488. The summed E-state index contributed by atoms with van der Waals surface area (Å²) in [4.78, 5) is 0. The fourth-order valence-corrected chi connectivity index (χ4v) is 3.27. The van der Waals surface area contributed by atoms with E-state index in [9.17, 15) is 0 Å². The number of rotatable bonds is 3. The minimum absolute atomic E-state index is 0.327. The van der Waals surface area contributed by atoms with E-state index < -0.39 is 0 Å². The molecule has 1 fully saturated rings. The van der Waals surface area contributed by atoms with Gasteiger partial charge < -0.3 is 5.73 Å². The smallest absolute Gasteiger partial charge is 0.0858 e. The molecule has 0 amide bonds. The van der Waals surface area contributed by atoms with Gasteiger partial charge in [0.1, 0.15) is 0 Å². The van der Waals surface area contributed by atoms with E-state index in [0.717, 1.165) is 25.1 Å². The molecule has 0 spiro atoms. The van der Waals surface area contributed by atoms with Gasteiger partial charge in [-0.2, -0.15) is 0 Å². The topological polar surface area (TPSA) is 56.7 Å². The van der Waals surface area contributed by atoms with Crippen molar-refractivity contribution < 1.29 is 0 Å². The van der Waals surface area contributed by atoms with Crippen LogP contribution in [0.3, 0.4) is 0 Å². The van der Waals surface area contributed by atoms with Crippen molar-refractivity contribution in [2.75, 3.05) is 0 Å². The fourth-order valence-electron chi connectivity index (χ4n) is 3.27. The molecule has 4 nitrogen and oxygen atoms in total. The highest BCUT2D eigenvalue weighted by atomic mass is 15.4. The molecule has 0 radical (unpaired) electrons. The number of nitrogens with zero attached hydrogens (tertiary/aromatic N) is 3. The summed E-state index contributed by atoms with van der Waals surface area (Å²) in [6, 6.07) is 6.88. The van der Waals surface area contributed by atoms with Gasteiger partial charge in [0.25, 0.3) is 0 Å². The molecule has 1 aliphatic carbocycles. The zero-order valence-corrected chi connectivity index (χ0v) is 12.9. The van der Waals surface area contributed by atoms with E-state index in [1.807, 2.05) is 4.68 Å². The van der Waals surface area contributed by atoms with Gasteiger partial charge in [-0.1, -0.05) is 35.4 Å². The van der Waals surface area contributed by atoms with Gasteiger partial charge in [-0.05, 0) is 44.2 Å². The predicted octanol–water partition coefficient (Wildman–Crippen LogP) is 2.93. The maximum Gasteiger partial charge on any atom is 0.0858 e. The minimum Gasteiger partial charge on any atom is -0.328 e. The maximum atomic E-state index is 6.07. The molecule has 0 aliphatic heterocycles. The van der Waals surface area contributed by atoms with E-state index in [0.29, 0.717) is 12.0 Å². The molecule has 2 N–H and O–H groups in total. The molecule has 2 aromatic rings. The van der Waals surface area contributed by atoms with E-state index in [1.54, 1.807) is 0 Å². The molecule has 3 rings (SSSR count). The highest BCUT2D eigenvalue weighted by Crippen LogP contribution is 2.30. The van der Waals surface area contributed by atoms with E-state index in [1.165, 1.54) is 29.5 Å². The van der Waals surface area contributed by atoms with Crippen molar-refractivity contribution in [3.05, 3.63) is 46.8 Å². The molecule has 1 aromatic carbocycles. The molecular weight excluding hydrogens is 260 g/mol. The zero-order valence-electron chi connectivity index (χ0n) is 12.9. The van der Waals surface area contributed by atoms with Crippen LogP contribution in [0.2, 0.25) is 0 Å². The molecule has 1 aromatic heterocycles. The number of hydrogen-bond donors (Lipinski definition) is 1. The normalized spacial score (nSPS) is 22.4. The number of aryl methyl sites for hydroxylation is 2. The van der Waals surface area contributed by atoms with Crippen LogP contribution < -0.4 is 5.73 Å². The SMILES string of the molecule is Cc1ccc(Cn2cc([C@@H]3CCC[C@H](N)C3)nn2)c(C)c1. The van der Waals surface area contributed by atoms with Crippen LogP contribution >= 0.6 is 0 Å². The Labute approximate surface area is 126 Å². The second kappa shape index (κ2) is 5.98. The Balaban J connectivity index is 1.72. The molecule has 0 saturated heterocycles. The Bertz CT molecular complexity index is 617. The van der Waals surface area contributed by atoms with E-state index in [-0.39, 0.29) is 0 Å². The van der Waals surface area contributed by atoms with Gasteiger partial charge in [0.2, 0.25) is 0 Å². The van der Waals surface area contributed by atoms with Crippen LogP contribution in [0.5, 0.6) is 0 Å². The van der Waals surface area contributed by atoms with Gasteiger partial charge in [-0.3, -0.25) is 0 Å². The van der Waals surface area contributed by atoms with Gasteiger partial charge in [0.05, 0.1) is 12.2 Å². The van der Waals surface area contributed by atoms with Gasteiger partial charge in [0, 0.05) is 18.2 Å². The molecular formula is C17H24N4.